The highest BCUT2D eigenvalue weighted by Gasteiger charge is 2.30. The number of phenols is 2. The highest BCUT2D eigenvalue weighted by Crippen LogP contribution is 2.36. The highest BCUT2D eigenvalue weighted by atomic mass is 127. The number of hydrogen-bond donors (Lipinski definition) is 3. The van der Waals surface area contributed by atoms with E-state index in [-0.39, 0.29) is 23.4 Å². The van der Waals surface area contributed by atoms with Crippen molar-refractivity contribution in [3.8, 4) is 11.5 Å². The van der Waals surface area contributed by atoms with E-state index in [1.165, 1.54) is 6.07 Å². The van der Waals surface area contributed by atoms with E-state index in [0.717, 1.165) is 25.8 Å². The van der Waals surface area contributed by atoms with E-state index in [1.54, 1.807) is 11.0 Å². The third-order valence-corrected chi connectivity index (χ3v) is 7.04. The monoisotopic (exact) mass is 477 g/mol. The molecule has 6 nitrogen and oxygen atoms in total. The number of benzene rings is 2. The number of aromatic nitrogens is 1. The molecule has 0 spiro atoms. The van der Waals surface area contributed by atoms with Gasteiger partial charge in [-0.3, -0.25) is 8.43 Å². The van der Waals surface area contributed by atoms with Crippen molar-refractivity contribution in [3.63, 3.8) is 0 Å². The predicted molar refractivity (Wildman–Crippen MR) is 116 cm³/mol. The van der Waals surface area contributed by atoms with Gasteiger partial charge in [0, 0.05) is 56.8 Å². The number of carbonyl (C=O) groups is 1. The zero-order chi connectivity index (χ0) is 19.3. The molecule has 2 heterocycles. The minimum Gasteiger partial charge on any atom is -0.508 e. The average molecular weight is 477 g/mol. The van der Waals surface area contributed by atoms with E-state index in [9.17, 15) is 15.0 Å². The van der Waals surface area contributed by atoms with Crippen molar-refractivity contribution < 1.29 is 15.0 Å². The van der Waals surface area contributed by atoms with Crippen LogP contribution in [0.25, 0.3) is 10.9 Å². The number of fused-ring (bicyclic) bond motifs is 1. The molecular weight excluding hydrogens is 457 g/mol. The van der Waals surface area contributed by atoms with Crippen molar-refractivity contribution in [1.29, 1.82) is 0 Å². The van der Waals surface area contributed by atoms with Crippen LogP contribution in [0.2, 0.25) is 0 Å². The molecule has 0 atom stereocenters. The normalized spacial score (nSPS) is 14.4. The first-order valence-corrected chi connectivity index (χ1v) is 10.7. The van der Waals surface area contributed by atoms with Crippen molar-refractivity contribution in [2.75, 3.05) is 4.90 Å². The molecule has 0 fully saturated rings. The molecule has 0 radical (unpaired) electrons. The quantitative estimate of drug-likeness (QED) is 0.389. The molecule has 1 aromatic heterocycles. The van der Waals surface area contributed by atoms with E-state index in [4.69, 9.17) is 0 Å². The lowest BCUT2D eigenvalue weighted by atomic mass is 9.98. The molecule has 27 heavy (non-hydrogen) atoms. The Kier molecular flexibility index (Phi) is 4.33. The summed E-state index contributed by atoms with van der Waals surface area (Å²) in [5.41, 5.74) is 3.19. The first-order valence-electron chi connectivity index (χ1n) is 8.59. The SMILES string of the molecule is CC(C)c1cc(C2=INC(=O)N2c2ccc3c(ccn3C)c2)c(O)cc1O. The van der Waals surface area contributed by atoms with Crippen molar-refractivity contribution in [2.24, 2.45) is 7.05 Å². The van der Waals surface area contributed by atoms with Gasteiger partial charge in [0.05, 0.1) is 5.69 Å². The molecule has 3 aromatic rings. The summed E-state index contributed by atoms with van der Waals surface area (Å²) in [5.74, 6) is 0.149. The lowest BCUT2D eigenvalue weighted by Crippen LogP contribution is -2.34. The molecule has 3 N–H and O–H groups in total. The van der Waals surface area contributed by atoms with Crippen LogP contribution in [0.4, 0.5) is 10.5 Å². The van der Waals surface area contributed by atoms with Crippen LogP contribution >= 0.6 is 21.0 Å². The van der Waals surface area contributed by atoms with Crippen LogP contribution < -0.4 is 8.43 Å². The molecule has 0 unspecified atom stereocenters. The van der Waals surface area contributed by atoms with E-state index in [0.29, 0.717) is 5.56 Å². The van der Waals surface area contributed by atoms with Crippen LogP contribution in [0.5, 0.6) is 11.5 Å². The predicted octanol–water partition coefficient (Wildman–Crippen LogP) is 4.31. The van der Waals surface area contributed by atoms with E-state index in [1.807, 2.05) is 55.9 Å². The summed E-state index contributed by atoms with van der Waals surface area (Å²) >= 11 is -0.811. The summed E-state index contributed by atoms with van der Waals surface area (Å²) in [5, 5.41) is 21.6. The smallest absolute Gasteiger partial charge is 0.335 e. The van der Waals surface area contributed by atoms with Gasteiger partial charge in [-0.2, -0.15) is 0 Å². The average Bonchev–Trinajstić information content (AvgIpc) is 3.17. The Morgan fingerprint density at radius 2 is 1.85 bits per heavy atom. The third kappa shape index (κ3) is 2.95. The molecular formula is C20H20IN3O3. The van der Waals surface area contributed by atoms with Crippen LogP contribution in [0.1, 0.15) is 30.9 Å². The molecule has 1 aliphatic heterocycles. The van der Waals surface area contributed by atoms with Crippen molar-refractivity contribution in [1.82, 2.24) is 8.10 Å². The number of aryl methyl sites for hydroxylation is 1. The molecule has 1 aliphatic rings. The number of halogens is 1. The van der Waals surface area contributed by atoms with Gasteiger partial charge in [-0.1, -0.05) is 13.8 Å². The molecule has 0 saturated heterocycles. The van der Waals surface area contributed by atoms with Crippen LogP contribution in [-0.4, -0.2) is 24.4 Å². The number of carbonyl (C=O) groups excluding carboxylic acids is 1. The highest BCUT2D eigenvalue weighted by molar-refractivity contribution is 14.2. The van der Waals surface area contributed by atoms with Gasteiger partial charge in [0.2, 0.25) is 0 Å². The number of amides is 2. The molecule has 7 heteroatoms. The fraction of sp³-hybridized carbons (Fsp3) is 0.200. The fourth-order valence-electron chi connectivity index (χ4n) is 3.29. The van der Waals surface area contributed by atoms with Gasteiger partial charge in [0.15, 0.2) is 0 Å². The Balaban J connectivity index is 1.83. The number of hydrogen-bond acceptors (Lipinski definition) is 3. The summed E-state index contributed by atoms with van der Waals surface area (Å²) in [6.07, 6.45) is 1.98. The number of nitrogens with one attached hydrogen (secondary N) is 1. The zero-order valence-electron chi connectivity index (χ0n) is 15.2. The maximum absolute atomic E-state index is 12.6. The van der Waals surface area contributed by atoms with Crippen LogP contribution in [0, 0.1) is 0 Å². The largest absolute Gasteiger partial charge is 0.508 e. The number of anilines is 1. The topological polar surface area (TPSA) is 77.7 Å². The number of phenolic OH excluding ortho intramolecular Hbond substituents is 2. The van der Waals surface area contributed by atoms with Crippen LogP contribution in [0.3, 0.4) is 0 Å². The van der Waals surface area contributed by atoms with Gasteiger partial charge in [-0.15, -0.1) is 0 Å². The Bertz CT molecular complexity index is 1100. The van der Waals surface area contributed by atoms with Crippen molar-refractivity contribution >= 4 is 47.3 Å². The Morgan fingerprint density at radius 3 is 2.59 bits per heavy atom. The Hall–Kier alpha value is -2.55. The molecule has 2 amide bonds. The summed E-state index contributed by atoms with van der Waals surface area (Å²) in [7, 11) is 1.98. The summed E-state index contributed by atoms with van der Waals surface area (Å²) in [4.78, 5) is 14.2. The zero-order valence-corrected chi connectivity index (χ0v) is 17.4. The van der Waals surface area contributed by atoms with Crippen LogP contribution in [-0.2, 0) is 7.05 Å². The number of aromatic hydroxyl groups is 2. The number of nitrogens with zero attached hydrogens (tertiary/aromatic N) is 2. The summed E-state index contributed by atoms with van der Waals surface area (Å²) in [6, 6.07) is 10.9. The van der Waals surface area contributed by atoms with Gasteiger partial charge >= 0.3 is 6.03 Å². The first kappa shape index (κ1) is 17.8. The van der Waals surface area contributed by atoms with Crippen LogP contribution in [0.15, 0.2) is 42.6 Å². The fourth-order valence-corrected chi connectivity index (χ4v) is 5.48. The standard InChI is InChI=1S/C20H20IN3O3/c1-11(2)14-9-15(18(26)10-17(14)25)19-21-22-20(27)24(19)13-4-5-16-12(8-13)6-7-23(16)3/h4-11,25-26H,1-3H3,(H,22,27). The molecule has 4 rings (SSSR count). The molecule has 2 aromatic carbocycles. The van der Waals surface area contributed by atoms with E-state index < -0.39 is 21.0 Å². The minimum atomic E-state index is -0.811. The second-order valence-corrected chi connectivity index (χ2v) is 8.97. The van der Waals surface area contributed by atoms with E-state index >= 15 is 0 Å². The number of urea groups is 1. The molecule has 0 saturated carbocycles. The maximum Gasteiger partial charge on any atom is 0.335 e. The lowest BCUT2D eigenvalue weighted by molar-refractivity contribution is 0.255. The van der Waals surface area contributed by atoms with Crippen molar-refractivity contribution in [3.05, 3.63) is 53.7 Å². The third-order valence-electron chi connectivity index (χ3n) is 4.73. The van der Waals surface area contributed by atoms with E-state index in [2.05, 4.69) is 3.53 Å². The van der Waals surface area contributed by atoms with Gasteiger partial charge in [-0.25, -0.2) is 4.79 Å². The van der Waals surface area contributed by atoms with Gasteiger partial charge < -0.3 is 14.8 Å². The second kappa shape index (κ2) is 6.56. The molecule has 0 bridgehead atoms. The second-order valence-electron chi connectivity index (χ2n) is 6.87. The van der Waals surface area contributed by atoms with Gasteiger partial charge in [0.1, 0.15) is 15.1 Å². The van der Waals surface area contributed by atoms with Crippen molar-refractivity contribution in [2.45, 2.75) is 19.8 Å². The Labute approximate surface area is 167 Å². The summed E-state index contributed by atoms with van der Waals surface area (Å²) in [6.45, 7) is 3.96. The molecule has 140 valence electrons. The minimum absolute atomic E-state index is 0.0195. The molecule has 0 aliphatic carbocycles. The van der Waals surface area contributed by atoms with Gasteiger partial charge in [0.25, 0.3) is 0 Å². The van der Waals surface area contributed by atoms with Gasteiger partial charge in [-0.05, 0) is 41.8 Å². The maximum atomic E-state index is 12.6. The lowest BCUT2D eigenvalue weighted by Gasteiger charge is -2.21. The Morgan fingerprint density at radius 1 is 1.07 bits per heavy atom. The number of rotatable bonds is 3. The summed E-state index contributed by atoms with van der Waals surface area (Å²) < 4.78 is 5.74. The first-order chi connectivity index (χ1) is 12.9.